The molecule has 152 valence electrons. The molecule has 4 nitrogen and oxygen atoms in total. The summed E-state index contributed by atoms with van der Waals surface area (Å²) < 4.78 is 7.48. The second kappa shape index (κ2) is 8.11. The maximum atomic E-state index is 12.1. The Morgan fingerprint density at radius 3 is 2.41 bits per heavy atom. The largest absolute Gasteiger partial charge is 0.491 e. The average molecular weight is 412 g/mol. The first kappa shape index (κ1) is 19.8. The Bertz CT molecular complexity index is 1030. The predicted octanol–water partition coefficient (Wildman–Crippen LogP) is 6.82. The summed E-state index contributed by atoms with van der Waals surface area (Å²) >= 11 is 6.52. The highest BCUT2D eigenvalue weighted by atomic mass is 35.5. The zero-order valence-electron chi connectivity index (χ0n) is 16.8. The minimum atomic E-state index is -1.03. The van der Waals surface area contributed by atoms with Gasteiger partial charge in [-0.15, -0.1) is 0 Å². The van der Waals surface area contributed by atoms with Crippen molar-refractivity contribution < 1.29 is 14.6 Å². The molecular weight excluding hydrogens is 386 g/mol. The summed E-state index contributed by atoms with van der Waals surface area (Å²) in [5, 5.41) is 10.9. The highest BCUT2D eigenvalue weighted by Crippen LogP contribution is 2.38. The third-order valence-electron chi connectivity index (χ3n) is 5.68. The first-order valence-electron chi connectivity index (χ1n) is 10.3. The molecule has 0 radical (unpaired) electrons. The van der Waals surface area contributed by atoms with E-state index in [1.165, 1.54) is 37.7 Å². The number of aromatic carboxylic acids is 1. The van der Waals surface area contributed by atoms with Gasteiger partial charge >= 0.3 is 5.97 Å². The van der Waals surface area contributed by atoms with Crippen LogP contribution in [-0.4, -0.2) is 21.7 Å². The molecular formula is C24H26ClNO3. The third kappa shape index (κ3) is 3.86. The summed E-state index contributed by atoms with van der Waals surface area (Å²) in [5.74, 6) is 0.254. The van der Waals surface area contributed by atoms with Crippen LogP contribution in [-0.2, 0) is 0 Å². The van der Waals surface area contributed by atoms with Crippen LogP contribution in [0.5, 0.6) is 5.75 Å². The van der Waals surface area contributed by atoms with Gasteiger partial charge in [0, 0.05) is 11.1 Å². The number of carbonyl (C=O) groups is 1. The normalized spacial score (nSPS) is 15.2. The molecule has 1 heterocycles. The van der Waals surface area contributed by atoms with Crippen LogP contribution < -0.4 is 4.74 Å². The molecule has 0 bridgehead atoms. The fourth-order valence-corrected chi connectivity index (χ4v) is 4.68. The average Bonchev–Trinajstić information content (AvgIpc) is 3.01. The van der Waals surface area contributed by atoms with Crippen molar-refractivity contribution in [3.8, 4) is 11.4 Å². The Hall–Kier alpha value is -2.46. The molecule has 2 aromatic carbocycles. The number of ether oxygens (including phenoxy) is 1. The molecule has 3 aromatic rings. The summed E-state index contributed by atoms with van der Waals surface area (Å²) in [4.78, 5) is 12.1. The molecule has 0 spiro atoms. The molecule has 1 N–H and O–H groups in total. The second-order valence-corrected chi connectivity index (χ2v) is 8.45. The molecule has 29 heavy (non-hydrogen) atoms. The Morgan fingerprint density at radius 1 is 1.10 bits per heavy atom. The van der Waals surface area contributed by atoms with Crippen molar-refractivity contribution in [3.05, 3.63) is 58.7 Å². The smallest absolute Gasteiger partial charge is 0.354 e. The van der Waals surface area contributed by atoms with Gasteiger partial charge in [0.15, 0.2) is 5.69 Å². The van der Waals surface area contributed by atoms with Gasteiger partial charge in [0.1, 0.15) is 5.75 Å². The molecule has 1 saturated carbocycles. The van der Waals surface area contributed by atoms with Crippen molar-refractivity contribution in [3.63, 3.8) is 0 Å². The van der Waals surface area contributed by atoms with Gasteiger partial charge in [-0.05, 0) is 68.5 Å². The first-order chi connectivity index (χ1) is 14.0. The molecule has 1 fully saturated rings. The Labute approximate surface area is 176 Å². The Morgan fingerprint density at radius 2 is 1.79 bits per heavy atom. The number of carboxylic acids is 1. The van der Waals surface area contributed by atoms with Gasteiger partial charge in [-0.25, -0.2) is 4.79 Å². The summed E-state index contributed by atoms with van der Waals surface area (Å²) in [5.41, 5.74) is 2.97. The van der Waals surface area contributed by atoms with Crippen molar-refractivity contribution in [2.24, 2.45) is 0 Å². The van der Waals surface area contributed by atoms with E-state index in [4.69, 9.17) is 16.3 Å². The van der Waals surface area contributed by atoms with E-state index in [0.717, 1.165) is 22.3 Å². The van der Waals surface area contributed by atoms with E-state index in [2.05, 4.69) is 12.1 Å². The number of nitrogens with zero attached hydrogens (tertiary/aromatic N) is 1. The van der Waals surface area contributed by atoms with Crippen molar-refractivity contribution in [2.75, 3.05) is 0 Å². The molecule has 0 aliphatic heterocycles. The lowest BCUT2D eigenvalue weighted by atomic mass is 9.84. The number of halogens is 1. The van der Waals surface area contributed by atoms with E-state index >= 15 is 0 Å². The molecule has 4 rings (SSSR count). The van der Waals surface area contributed by atoms with Crippen LogP contribution in [0.3, 0.4) is 0 Å². The van der Waals surface area contributed by atoms with Crippen molar-refractivity contribution in [1.82, 2.24) is 4.57 Å². The quantitative estimate of drug-likeness (QED) is 0.501. The van der Waals surface area contributed by atoms with Crippen LogP contribution in [0.25, 0.3) is 16.6 Å². The fraction of sp³-hybridized carbons (Fsp3) is 0.375. The lowest BCUT2D eigenvalue weighted by Crippen LogP contribution is -2.08. The number of fused-ring (bicyclic) bond motifs is 1. The van der Waals surface area contributed by atoms with E-state index in [1.807, 2.05) is 44.2 Å². The SMILES string of the molecule is CC(C)Oc1ccc(-n2c(C(=O)O)c(Cl)c3ccc(C4CCCCC4)cc32)cc1. The molecule has 0 amide bonds. The highest BCUT2D eigenvalue weighted by molar-refractivity contribution is 6.38. The minimum Gasteiger partial charge on any atom is -0.491 e. The van der Waals surface area contributed by atoms with E-state index in [-0.39, 0.29) is 16.8 Å². The molecule has 1 aromatic heterocycles. The summed E-state index contributed by atoms with van der Waals surface area (Å²) in [6, 6.07) is 13.7. The van der Waals surface area contributed by atoms with Crippen LogP contribution in [0.2, 0.25) is 5.02 Å². The molecule has 0 unspecified atom stereocenters. The molecule has 0 saturated heterocycles. The van der Waals surface area contributed by atoms with E-state index < -0.39 is 5.97 Å². The molecule has 5 heteroatoms. The van der Waals surface area contributed by atoms with Crippen LogP contribution >= 0.6 is 11.6 Å². The van der Waals surface area contributed by atoms with E-state index in [9.17, 15) is 9.90 Å². The van der Waals surface area contributed by atoms with E-state index in [0.29, 0.717) is 5.92 Å². The Balaban J connectivity index is 1.85. The van der Waals surface area contributed by atoms with Gasteiger partial charge in [-0.1, -0.05) is 43.0 Å². The van der Waals surface area contributed by atoms with Crippen LogP contribution in [0, 0.1) is 0 Å². The topological polar surface area (TPSA) is 51.5 Å². The van der Waals surface area contributed by atoms with Gasteiger partial charge in [0.05, 0.1) is 16.6 Å². The number of aromatic nitrogens is 1. The van der Waals surface area contributed by atoms with E-state index in [1.54, 1.807) is 4.57 Å². The van der Waals surface area contributed by atoms with Crippen LogP contribution in [0.4, 0.5) is 0 Å². The van der Waals surface area contributed by atoms with Crippen LogP contribution in [0.1, 0.15) is 67.9 Å². The molecule has 0 atom stereocenters. The zero-order valence-corrected chi connectivity index (χ0v) is 17.6. The maximum absolute atomic E-state index is 12.1. The van der Waals surface area contributed by atoms with Gasteiger partial charge in [-0.2, -0.15) is 0 Å². The lowest BCUT2D eigenvalue weighted by Gasteiger charge is -2.22. The summed E-state index contributed by atoms with van der Waals surface area (Å²) in [7, 11) is 0. The maximum Gasteiger partial charge on any atom is 0.354 e. The van der Waals surface area contributed by atoms with Gasteiger partial charge in [0.25, 0.3) is 0 Å². The van der Waals surface area contributed by atoms with Gasteiger partial charge < -0.3 is 14.4 Å². The van der Waals surface area contributed by atoms with Crippen molar-refractivity contribution >= 4 is 28.5 Å². The second-order valence-electron chi connectivity index (χ2n) is 8.08. The van der Waals surface area contributed by atoms with Gasteiger partial charge in [0.2, 0.25) is 0 Å². The zero-order chi connectivity index (χ0) is 20.5. The monoisotopic (exact) mass is 411 g/mol. The molecule has 1 aliphatic carbocycles. The fourth-order valence-electron chi connectivity index (χ4n) is 4.36. The minimum absolute atomic E-state index is 0.0790. The Kier molecular flexibility index (Phi) is 5.55. The summed E-state index contributed by atoms with van der Waals surface area (Å²) in [6.07, 6.45) is 6.26. The number of benzene rings is 2. The number of hydrogen-bond acceptors (Lipinski definition) is 2. The highest BCUT2D eigenvalue weighted by Gasteiger charge is 2.24. The number of hydrogen-bond donors (Lipinski definition) is 1. The van der Waals surface area contributed by atoms with Crippen molar-refractivity contribution in [2.45, 2.75) is 58.0 Å². The number of carboxylic acid groups (broad SMARTS) is 1. The summed E-state index contributed by atoms with van der Waals surface area (Å²) in [6.45, 7) is 3.95. The van der Waals surface area contributed by atoms with Crippen LogP contribution in [0.15, 0.2) is 42.5 Å². The van der Waals surface area contributed by atoms with Gasteiger partial charge in [-0.3, -0.25) is 0 Å². The lowest BCUT2D eigenvalue weighted by molar-refractivity contribution is 0.0689. The molecule has 1 aliphatic rings. The van der Waals surface area contributed by atoms with Crippen molar-refractivity contribution in [1.29, 1.82) is 0 Å². The third-order valence-corrected chi connectivity index (χ3v) is 6.06. The first-order valence-corrected chi connectivity index (χ1v) is 10.7. The predicted molar refractivity (Wildman–Crippen MR) is 117 cm³/mol. The number of rotatable bonds is 5. The standard InChI is InChI=1S/C24H26ClNO3/c1-15(2)29-19-11-9-18(10-12-19)26-21-14-17(16-6-4-3-5-7-16)8-13-20(21)22(25)23(26)24(27)28/h8-16H,3-7H2,1-2H3,(H,27,28).